The molecule has 120 valence electrons. The van der Waals surface area contributed by atoms with Crippen LogP contribution >= 0.6 is 0 Å². The maximum atomic E-state index is 11.8. The normalized spacial score (nSPS) is 14.9. The van der Waals surface area contributed by atoms with E-state index in [4.69, 9.17) is 9.47 Å². The number of aryl methyl sites for hydroxylation is 1. The fraction of sp³-hybridized carbons (Fsp3) is 0.500. The van der Waals surface area contributed by atoms with Gasteiger partial charge < -0.3 is 20.1 Å². The zero-order valence-corrected chi connectivity index (χ0v) is 13.0. The molecular weight excluding hydrogens is 284 g/mol. The van der Waals surface area contributed by atoms with E-state index in [-0.39, 0.29) is 24.5 Å². The number of hydrogen-bond donors (Lipinski definition) is 2. The number of carbonyl (C=O) groups excluding carboxylic acids is 2. The van der Waals surface area contributed by atoms with Crippen LogP contribution in [0.2, 0.25) is 0 Å². The van der Waals surface area contributed by atoms with Gasteiger partial charge in [0.05, 0.1) is 19.3 Å². The number of rotatable bonds is 7. The highest BCUT2D eigenvalue weighted by atomic mass is 16.5. The molecular formula is C16H22N2O4. The quantitative estimate of drug-likeness (QED) is 0.747. The van der Waals surface area contributed by atoms with Gasteiger partial charge >= 0.3 is 0 Å². The summed E-state index contributed by atoms with van der Waals surface area (Å²) >= 11 is 0. The zero-order chi connectivity index (χ0) is 15.9. The Labute approximate surface area is 130 Å². The fourth-order valence-electron chi connectivity index (χ4n) is 2.35. The van der Waals surface area contributed by atoms with Gasteiger partial charge in [-0.25, -0.2) is 0 Å². The van der Waals surface area contributed by atoms with Crippen molar-refractivity contribution in [1.29, 1.82) is 0 Å². The van der Waals surface area contributed by atoms with Crippen LogP contribution in [0.25, 0.3) is 0 Å². The van der Waals surface area contributed by atoms with Gasteiger partial charge in [-0.05, 0) is 30.5 Å². The first-order valence-electron chi connectivity index (χ1n) is 7.39. The first-order valence-corrected chi connectivity index (χ1v) is 7.39. The lowest BCUT2D eigenvalue weighted by molar-refractivity contribution is -0.126. The SMILES string of the molecule is COCCOCC(=O)N[C@@H](C)c1ccc2c(c1)CCC(=O)N2. The summed E-state index contributed by atoms with van der Waals surface area (Å²) in [5, 5.41) is 5.75. The van der Waals surface area contributed by atoms with Crippen molar-refractivity contribution in [3.8, 4) is 0 Å². The molecule has 0 saturated heterocycles. The highest BCUT2D eigenvalue weighted by Crippen LogP contribution is 2.26. The van der Waals surface area contributed by atoms with E-state index in [0.717, 1.165) is 23.2 Å². The van der Waals surface area contributed by atoms with Gasteiger partial charge in [-0.15, -0.1) is 0 Å². The van der Waals surface area contributed by atoms with Crippen molar-refractivity contribution in [2.75, 3.05) is 32.2 Å². The number of methoxy groups -OCH3 is 1. The summed E-state index contributed by atoms with van der Waals surface area (Å²) in [4.78, 5) is 23.1. The van der Waals surface area contributed by atoms with Gasteiger partial charge in [0.25, 0.3) is 0 Å². The number of anilines is 1. The van der Waals surface area contributed by atoms with Crippen molar-refractivity contribution < 1.29 is 19.1 Å². The molecule has 2 rings (SSSR count). The Bertz CT molecular complexity index is 545. The molecule has 1 aromatic rings. The molecule has 2 N–H and O–H groups in total. The molecule has 1 atom stereocenters. The molecule has 0 spiro atoms. The predicted molar refractivity (Wildman–Crippen MR) is 82.6 cm³/mol. The molecule has 0 radical (unpaired) electrons. The maximum Gasteiger partial charge on any atom is 0.246 e. The predicted octanol–water partition coefficient (Wildman–Crippen LogP) is 1.41. The summed E-state index contributed by atoms with van der Waals surface area (Å²) < 4.78 is 10.0. The van der Waals surface area contributed by atoms with Gasteiger partial charge in [-0.2, -0.15) is 0 Å². The van der Waals surface area contributed by atoms with E-state index in [9.17, 15) is 9.59 Å². The van der Waals surface area contributed by atoms with E-state index in [1.807, 2.05) is 25.1 Å². The highest BCUT2D eigenvalue weighted by Gasteiger charge is 2.17. The minimum atomic E-state index is -0.158. The summed E-state index contributed by atoms with van der Waals surface area (Å²) in [5.41, 5.74) is 2.98. The molecule has 0 saturated carbocycles. The van der Waals surface area contributed by atoms with Crippen LogP contribution in [0.15, 0.2) is 18.2 Å². The van der Waals surface area contributed by atoms with Crippen LogP contribution in [-0.2, 0) is 25.5 Å². The molecule has 1 aliphatic rings. The van der Waals surface area contributed by atoms with Crippen LogP contribution in [-0.4, -0.2) is 38.7 Å². The minimum Gasteiger partial charge on any atom is -0.382 e. The second kappa shape index (κ2) is 7.91. The monoisotopic (exact) mass is 306 g/mol. The highest BCUT2D eigenvalue weighted by molar-refractivity contribution is 5.93. The van der Waals surface area contributed by atoms with Gasteiger partial charge in [0, 0.05) is 19.2 Å². The van der Waals surface area contributed by atoms with Crippen LogP contribution < -0.4 is 10.6 Å². The molecule has 1 heterocycles. The maximum absolute atomic E-state index is 11.8. The van der Waals surface area contributed by atoms with Crippen LogP contribution in [0.5, 0.6) is 0 Å². The summed E-state index contributed by atoms with van der Waals surface area (Å²) in [6.45, 7) is 2.82. The first-order chi connectivity index (χ1) is 10.6. The van der Waals surface area contributed by atoms with Gasteiger partial charge in [-0.1, -0.05) is 12.1 Å². The molecule has 1 aromatic carbocycles. The molecule has 0 bridgehead atoms. The third-order valence-electron chi connectivity index (χ3n) is 3.57. The average Bonchev–Trinajstić information content (AvgIpc) is 2.51. The molecule has 0 fully saturated rings. The van der Waals surface area contributed by atoms with Gasteiger partial charge in [-0.3, -0.25) is 9.59 Å². The van der Waals surface area contributed by atoms with Crippen molar-refractivity contribution in [3.05, 3.63) is 29.3 Å². The standard InChI is InChI=1S/C16H22N2O4/c1-11(17-16(20)10-22-8-7-21-2)12-3-5-14-13(9-12)4-6-15(19)18-14/h3,5,9,11H,4,6-8,10H2,1-2H3,(H,17,20)(H,18,19)/t11-/m0/s1. The number of ether oxygens (including phenoxy) is 2. The molecule has 1 aliphatic heterocycles. The summed E-state index contributed by atoms with van der Waals surface area (Å²) in [6, 6.07) is 5.73. The van der Waals surface area contributed by atoms with Crippen molar-refractivity contribution in [1.82, 2.24) is 5.32 Å². The van der Waals surface area contributed by atoms with Crippen molar-refractivity contribution in [2.45, 2.75) is 25.8 Å². The van der Waals surface area contributed by atoms with Gasteiger partial charge in [0.15, 0.2) is 0 Å². The Morgan fingerprint density at radius 2 is 2.18 bits per heavy atom. The van der Waals surface area contributed by atoms with Gasteiger partial charge in [0.2, 0.25) is 11.8 Å². The Balaban J connectivity index is 1.88. The van der Waals surface area contributed by atoms with Crippen molar-refractivity contribution in [3.63, 3.8) is 0 Å². The summed E-state index contributed by atoms with van der Waals surface area (Å²) in [6.07, 6.45) is 1.24. The number of nitrogens with one attached hydrogen (secondary N) is 2. The number of fused-ring (bicyclic) bond motifs is 1. The van der Waals surface area contributed by atoms with Crippen LogP contribution in [0, 0.1) is 0 Å². The largest absolute Gasteiger partial charge is 0.382 e. The molecule has 0 unspecified atom stereocenters. The lowest BCUT2D eigenvalue weighted by atomic mass is 9.98. The second-order valence-electron chi connectivity index (χ2n) is 5.30. The Morgan fingerprint density at radius 3 is 2.95 bits per heavy atom. The second-order valence-corrected chi connectivity index (χ2v) is 5.30. The average molecular weight is 306 g/mol. The number of benzene rings is 1. The zero-order valence-electron chi connectivity index (χ0n) is 13.0. The van der Waals surface area contributed by atoms with Crippen molar-refractivity contribution >= 4 is 17.5 Å². The van der Waals surface area contributed by atoms with E-state index in [1.165, 1.54) is 0 Å². The lowest BCUT2D eigenvalue weighted by Gasteiger charge is -2.20. The van der Waals surface area contributed by atoms with Gasteiger partial charge in [0.1, 0.15) is 6.61 Å². The number of hydrogen-bond acceptors (Lipinski definition) is 4. The minimum absolute atomic E-state index is 0.0225. The van der Waals surface area contributed by atoms with Crippen molar-refractivity contribution in [2.24, 2.45) is 0 Å². The smallest absolute Gasteiger partial charge is 0.246 e. The third kappa shape index (κ3) is 4.54. The molecule has 22 heavy (non-hydrogen) atoms. The number of amides is 2. The Hall–Kier alpha value is -1.92. The fourth-order valence-corrected chi connectivity index (χ4v) is 2.35. The first kappa shape index (κ1) is 16.5. The molecule has 0 aliphatic carbocycles. The summed E-state index contributed by atoms with van der Waals surface area (Å²) in [5.74, 6) is -0.107. The van der Waals surface area contributed by atoms with E-state index in [2.05, 4.69) is 10.6 Å². The number of carbonyl (C=O) groups is 2. The Kier molecular flexibility index (Phi) is 5.91. The molecule has 2 amide bonds. The van der Waals surface area contributed by atoms with E-state index < -0.39 is 0 Å². The van der Waals surface area contributed by atoms with E-state index in [0.29, 0.717) is 19.6 Å². The van der Waals surface area contributed by atoms with Crippen LogP contribution in [0.4, 0.5) is 5.69 Å². The molecule has 0 aromatic heterocycles. The summed E-state index contributed by atoms with van der Waals surface area (Å²) in [7, 11) is 1.59. The lowest BCUT2D eigenvalue weighted by Crippen LogP contribution is -2.30. The molecule has 6 nitrogen and oxygen atoms in total. The molecule has 6 heteroatoms. The van der Waals surface area contributed by atoms with E-state index >= 15 is 0 Å². The topological polar surface area (TPSA) is 76.7 Å². The van der Waals surface area contributed by atoms with Crippen LogP contribution in [0.1, 0.15) is 30.5 Å². The third-order valence-corrected chi connectivity index (χ3v) is 3.57. The van der Waals surface area contributed by atoms with Crippen LogP contribution in [0.3, 0.4) is 0 Å². The Morgan fingerprint density at radius 1 is 1.36 bits per heavy atom. The van der Waals surface area contributed by atoms with E-state index in [1.54, 1.807) is 7.11 Å².